The van der Waals surface area contributed by atoms with Gasteiger partial charge in [0.05, 0.1) is 25.7 Å². The number of rotatable bonds is 25. The molecule has 0 aliphatic carbocycles. The predicted molar refractivity (Wildman–Crippen MR) is 207 cm³/mol. The summed E-state index contributed by atoms with van der Waals surface area (Å²) >= 11 is 0. The molecule has 0 saturated carbocycles. The standard InChI is InChI=1S/C43H57N3O5/c1-3-4-5-6-7-8-9-10-11-12-13-14-15-16-17-18-19-22-40(48)44-31-20-21-32-45-41(49)33-39-42(36-27-29-38(50-2)30-28-36)43(46-51-39)37-25-23-35(34-47)24-26-37/h7-8,10-11,13-14,16-17,23-30,47H,3-6,9,12,15,18-22,31-34H2,1-2H3,(H,44,48)(H,45,49)/b8-7-,11-10-,14-13-,17-16-. The Morgan fingerprint density at radius 3 is 1.88 bits per heavy atom. The molecule has 0 atom stereocenters. The van der Waals surface area contributed by atoms with E-state index in [4.69, 9.17) is 9.26 Å². The molecule has 51 heavy (non-hydrogen) atoms. The van der Waals surface area contributed by atoms with Crippen molar-refractivity contribution in [3.05, 3.63) is 108 Å². The third-order valence-corrected chi connectivity index (χ3v) is 8.35. The second-order valence-electron chi connectivity index (χ2n) is 12.5. The normalized spacial score (nSPS) is 11.7. The molecule has 0 fully saturated rings. The molecule has 3 aromatic rings. The maximum atomic E-state index is 12.9. The molecular formula is C43H57N3O5. The third kappa shape index (κ3) is 16.3. The van der Waals surface area contributed by atoms with Crippen LogP contribution in [0.4, 0.5) is 0 Å². The number of hydrogen-bond donors (Lipinski definition) is 3. The van der Waals surface area contributed by atoms with E-state index < -0.39 is 0 Å². The summed E-state index contributed by atoms with van der Waals surface area (Å²) in [5.41, 5.74) is 3.85. The third-order valence-electron chi connectivity index (χ3n) is 8.35. The van der Waals surface area contributed by atoms with Crippen LogP contribution in [0.2, 0.25) is 0 Å². The number of ether oxygens (including phenoxy) is 1. The molecule has 0 bridgehead atoms. The van der Waals surface area contributed by atoms with Gasteiger partial charge in [0.25, 0.3) is 0 Å². The second-order valence-corrected chi connectivity index (χ2v) is 12.5. The molecule has 3 rings (SSSR count). The molecule has 0 aliphatic heterocycles. The summed E-state index contributed by atoms with van der Waals surface area (Å²) in [5.74, 6) is 1.09. The lowest BCUT2D eigenvalue weighted by Gasteiger charge is -2.08. The van der Waals surface area contributed by atoms with Crippen molar-refractivity contribution >= 4 is 11.8 Å². The number of amides is 2. The van der Waals surface area contributed by atoms with Crippen LogP contribution in [-0.2, 0) is 22.6 Å². The number of unbranched alkanes of at least 4 members (excludes halogenated alkanes) is 5. The molecule has 8 nitrogen and oxygen atoms in total. The number of benzene rings is 2. The number of nitrogens with zero attached hydrogens (tertiary/aromatic N) is 1. The maximum Gasteiger partial charge on any atom is 0.227 e. The largest absolute Gasteiger partial charge is 0.497 e. The predicted octanol–water partition coefficient (Wildman–Crippen LogP) is 9.21. The number of aliphatic hydroxyl groups is 1. The number of hydrogen-bond acceptors (Lipinski definition) is 6. The highest BCUT2D eigenvalue weighted by atomic mass is 16.5. The highest BCUT2D eigenvalue weighted by Crippen LogP contribution is 2.36. The van der Waals surface area contributed by atoms with Crippen LogP contribution in [-0.4, -0.2) is 42.3 Å². The van der Waals surface area contributed by atoms with Crippen molar-refractivity contribution in [1.29, 1.82) is 0 Å². The highest BCUT2D eigenvalue weighted by Gasteiger charge is 2.21. The van der Waals surface area contributed by atoms with Gasteiger partial charge in [0.15, 0.2) is 5.76 Å². The molecule has 2 amide bonds. The van der Waals surface area contributed by atoms with Gasteiger partial charge in [-0.15, -0.1) is 0 Å². The summed E-state index contributed by atoms with van der Waals surface area (Å²) in [6, 6.07) is 15.0. The van der Waals surface area contributed by atoms with E-state index in [0.29, 0.717) is 31.0 Å². The zero-order valence-electron chi connectivity index (χ0n) is 30.6. The van der Waals surface area contributed by atoms with Crippen molar-refractivity contribution < 1.29 is 24.0 Å². The number of carbonyl (C=O) groups is 2. The monoisotopic (exact) mass is 695 g/mol. The lowest BCUT2D eigenvalue weighted by Crippen LogP contribution is -2.28. The van der Waals surface area contributed by atoms with E-state index in [9.17, 15) is 14.7 Å². The summed E-state index contributed by atoms with van der Waals surface area (Å²) in [4.78, 5) is 25.1. The van der Waals surface area contributed by atoms with Gasteiger partial charge in [0, 0.05) is 25.1 Å². The van der Waals surface area contributed by atoms with E-state index in [1.165, 1.54) is 25.7 Å². The Bertz CT molecular complexity index is 1530. The van der Waals surface area contributed by atoms with Crippen LogP contribution < -0.4 is 15.4 Å². The van der Waals surface area contributed by atoms with Crippen LogP contribution in [0.15, 0.2) is 102 Å². The minimum atomic E-state index is -0.163. The molecule has 0 spiro atoms. The molecule has 3 N–H and O–H groups in total. The van der Waals surface area contributed by atoms with Crippen LogP contribution in [0.1, 0.15) is 95.3 Å². The number of carbonyl (C=O) groups excluding carboxylic acids is 2. The average Bonchev–Trinajstić information content (AvgIpc) is 3.57. The van der Waals surface area contributed by atoms with Crippen LogP contribution in [0.25, 0.3) is 22.4 Å². The summed E-state index contributed by atoms with van der Waals surface area (Å²) in [6.45, 7) is 3.27. The van der Waals surface area contributed by atoms with Crippen molar-refractivity contribution in [2.75, 3.05) is 20.2 Å². The van der Waals surface area contributed by atoms with E-state index in [-0.39, 0.29) is 24.8 Å². The van der Waals surface area contributed by atoms with E-state index in [0.717, 1.165) is 72.9 Å². The quantitative estimate of drug-likeness (QED) is 0.0602. The zero-order chi connectivity index (χ0) is 36.4. The van der Waals surface area contributed by atoms with Gasteiger partial charge in [0.1, 0.15) is 11.4 Å². The Morgan fingerprint density at radius 2 is 1.29 bits per heavy atom. The van der Waals surface area contributed by atoms with Crippen molar-refractivity contribution in [2.24, 2.45) is 0 Å². The summed E-state index contributed by atoms with van der Waals surface area (Å²) in [7, 11) is 1.61. The molecule has 1 aromatic heterocycles. The van der Waals surface area contributed by atoms with Crippen molar-refractivity contribution in [1.82, 2.24) is 15.8 Å². The first kappa shape index (κ1) is 40.7. The van der Waals surface area contributed by atoms with Gasteiger partial charge in [-0.2, -0.15) is 0 Å². The first-order valence-electron chi connectivity index (χ1n) is 18.5. The Labute approximate surface area is 304 Å². The number of aromatic nitrogens is 1. The fraction of sp³-hybridized carbons (Fsp3) is 0.419. The molecule has 1 heterocycles. The molecule has 0 radical (unpaired) electrons. The maximum absolute atomic E-state index is 12.9. The fourth-order valence-corrected chi connectivity index (χ4v) is 5.41. The SMILES string of the molecule is CCCCC/C=C\C/C=C\C/C=C\C/C=C\CCCC(=O)NCCCCNC(=O)Cc1onc(-c2ccc(CO)cc2)c1-c1ccc(OC)cc1. The van der Waals surface area contributed by atoms with Crippen LogP contribution in [0.3, 0.4) is 0 Å². The second kappa shape index (κ2) is 25.3. The number of nitrogens with one attached hydrogen (secondary N) is 2. The minimum absolute atomic E-state index is 0.0409. The van der Waals surface area contributed by atoms with Gasteiger partial charge in [-0.3, -0.25) is 9.59 Å². The van der Waals surface area contributed by atoms with E-state index >= 15 is 0 Å². The Morgan fingerprint density at radius 1 is 0.725 bits per heavy atom. The van der Waals surface area contributed by atoms with Gasteiger partial charge >= 0.3 is 0 Å². The Balaban J connectivity index is 1.28. The number of allylic oxidation sites excluding steroid dienone is 8. The highest BCUT2D eigenvalue weighted by molar-refractivity contribution is 5.86. The van der Waals surface area contributed by atoms with Gasteiger partial charge in [-0.1, -0.05) is 110 Å². The van der Waals surface area contributed by atoms with Gasteiger partial charge in [-0.05, 0) is 81.0 Å². The summed E-state index contributed by atoms with van der Waals surface area (Å²) in [5, 5.41) is 19.7. The van der Waals surface area contributed by atoms with Crippen molar-refractivity contribution in [3.63, 3.8) is 0 Å². The molecule has 0 aliphatic rings. The van der Waals surface area contributed by atoms with Crippen LogP contribution in [0, 0.1) is 0 Å². The smallest absolute Gasteiger partial charge is 0.227 e. The zero-order valence-corrected chi connectivity index (χ0v) is 30.6. The molecule has 8 heteroatoms. The van der Waals surface area contributed by atoms with Gasteiger partial charge in [-0.25, -0.2) is 0 Å². The van der Waals surface area contributed by atoms with E-state index in [1.54, 1.807) is 7.11 Å². The van der Waals surface area contributed by atoms with E-state index in [2.05, 4.69) is 71.3 Å². The Kier molecular flexibility index (Phi) is 20.2. The topological polar surface area (TPSA) is 114 Å². The first-order valence-corrected chi connectivity index (χ1v) is 18.5. The molecule has 0 saturated heterocycles. The van der Waals surface area contributed by atoms with Crippen LogP contribution >= 0.6 is 0 Å². The first-order chi connectivity index (χ1) is 25.0. The molecule has 2 aromatic carbocycles. The average molecular weight is 696 g/mol. The summed E-state index contributed by atoms with van der Waals surface area (Å²) < 4.78 is 11.0. The number of aliphatic hydroxyl groups excluding tert-OH is 1. The lowest BCUT2D eigenvalue weighted by molar-refractivity contribution is -0.122. The van der Waals surface area contributed by atoms with Gasteiger partial charge in [0.2, 0.25) is 11.8 Å². The molecule has 0 unspecified atom stereocenters. The summed E-state index contributed by atoms with van der Waals surface area (Å²) in [6.07, 6.45) is 29.4. The molecular weight excluding hydrogens is 638 g/mol. The van der Waals surface area contributed by atoms with Crippen LogP contribution in [0.5, 0.6) is 5.75 Å². The Hall–Kier alpha value is -4.69. The van der Waals surface area contributed by atoms with Crippen molar-refractivity contribution in [2.45, 2.75) is 97.0 Å². The lowest BCUT2D eigenvalue weighted by atomic mass is 9.97. The fourth-order valence-electron chi connectivity index (χ4n) is 5.41. The minimum Gasteiger partial charge on any atom is -0.497 e. The van der Waals surface area contributed by atoms with Crippen molar-refractivity contribution in [3.8, 4) is 28.1 Å². The van der Waals surface area contributed by atoms with Gasteiger partial charge < -0.3 is 25.0 Å². The van der Waals surface area contributed by atoms with E-state index in [1.807, 2.05) is 48.5 Å². The molecule has 274 valence electrons. The number of methoxy groups -OCH3 is 1.